The molecule has 3 atom stereocenters. The van der Waals surface area contributed by atoms with Crippen molar-refractivity contribution in [2.75, 3.05) is 6.61 Å². The summed E-state index contributed by atoms with van der Waals surface area (Å²) in [6.07, 6.45) is -0.467. The minimum absolute atomic E-state index is 0. The van der Waals surface area contributed by atoms with Gasteiger partial charge in [-0.05, 0) is 31.5 Å². The molecule has 2 aromatic carbocycles. The molecule has 0 aliphatic carbocycles. The fourth-order valence-electron chi connectivity index (χ4n) is 2.38. The fourth-order valence-corrected chi connectivity index (χ4v) is 2.38. The van der Waals surface area contributed by atoms with Gasteiger partial charge in [0.15, 0.2) is 0 Å². The number of quaternary nitrogens is 1. The molecule has 3 nitrogen and oxygen atoms in total. The highest BCUT2D eigenvalue weighted by Crippen LogP contribution is 2.14. The van der Waals surface area contributed by atoms with E-state index in [1.165, 1.54) is 0 Å². The highest BCUT2D eigenvalue weighted by Gasteiger charge is 2.21. The number of hydrogen-bond acceptors (Lipinski definition) is 2. The minimum atomic E-state index is -0.467. The lowest BCUT2D eigenvalue weighted by molar-refractivity contribution is -0.723. The molecule has 0 fully saturated rings. The lowest BCUT2D eigenvalue weighted by Gasteiger charge is -2.21. The van der Waals surface area contributed by atoms with E-state index in [4.69, 9.17) is 4.74 Å². The molecule has 2 aromatic rings. The van der Waals surface area contributed by atoms with Crippen molar-refractivity contribution in [1.29, 1.82) is 0 Å². The molecule has 2 rings (SSSR count). The van der Waals surface area contributed by atoms with Gasteiger partial charge in [0.25, 0.3) is 0 Å². The summed E-state index contributed by atoms with van der Waals surface area (Å²) in [5, 5.41) is 12.5. The summed E-state index contributed by atoms with van der Waals surface area (Å²) in [6, 6.07) is 19.9. The van der Waals surface area contributed by atoms with Crippen LogP contribution in [-0.2, 0) is 0 Å². The number of ether oxygens (including phenoxy) is 1. The Balaban J connectivity index is 0.00000242. The van der Waals surface area contributed by atoms with Gasteiger partial charge < -0.3 is 27.6 Å². The molecular weight excluding hydrogens is 298 g/mol. The van der Waals surface area contributed by atoms with Crippen molar-refractivity contribution in [1.82, 2.24) is 0 Å². The Morgan fingerprint density at radius 2 is 1.50 bits per heavy atom. The lowest BCUT2D eigenvalue weighted by Crippen LogP contribution is -3.00. The summed E-state index contributed by atoms with van der Waals surface area (Å²) >= 11 is 0. The van der Waals surface area contributed by atoms with Crippen LogP contribution in [-0.4, -0.2) is 23.8 Å². The SMILES string of the molecule is CC(COc1ccccc1)[NH2+]C(C)C(O)c1ccccc1.[Cl-]. The molecule has 0 spiro atoms. The highest BCUT2D eigenvalue weighted by atomic mass is 35.5. The molecule has 0 bridgehead atoms. The Morgan fingerprint density at radius 1 is 0.955 bits per heavy atom. The van der Waals surface area contributed by atoms with E-state index in [0.29, 0.717) is 6.61 Å². The van der Waals surface area contributed by atoms with E-state index in [-0.39, 0.29) is 24.5 Å². The Hall–Kier alpha value is -1.55. The van der Waals surface area contributed by atoms with Gasteiger partial charge >= 0.3 is 0 Å². The number of nitrogens with two attached hydrogens (primary N) is 1. The van der Waals surface area contributed by atoms with E-state index in [9.17, 15) is 5.11 Å². The largest absolute Gasteiger partial charge is 1.00 e. The van der Waals surface area contributed by atoms with Crippen LogP contribution in [0.1, 0.15) is 25.5 Å². The lowest BCUT2D eigenvalue weighted by atomic mass is 10.0. The number of rotatable bonds is 7. The highest BCUT2D eigenvalue weighted by molar-refractivity contribution is 5.21. The summed E-state index contributed by atoms with van der Waals surface area (Å²) in [5.74, 6) is 0.883. The van der Waals surface area contributed by atoms with Gasteiger partial charge in [0.05, 0.1) is 0 Å². The maximum atomic E-state index is 10.4. The smallest absolute Gasteiger partial charge is 0.139 e. The van der Waals surface area contributed by atoms with Crippen LogP contribution in [0.5, 0.6) is 5.75 Å². The normalized spacial score (nSPS) is 14.5. The number of benzene rings is 2. The zero-order valence-corrected chi connectivity index (χ0v) is 13.8. The zero-order valence-electron chi connectivity index (χ0n) is 13.0. The van der Waals surface area contributed by atoms with Crippen molar-refractivity contribution in [3.63, 3.8) is 0 Å². The van der Waals surface area contributed by atoms with Crippen LogP contribution in [0.3, 0.4) is 0 Å². The van der Waals surface area contributed by atoms with Crippen molar-refractivity contribution in [3.05, 3.63) is 66.2 Å². The van der Waals surface area contributed by atoms with Gasteiger partial charge in [0.2, 0.25) is 0 Å². The molecule has 0 aromatic heterocycles. The average Bonchev–Trinajstić information content (AvgIpc) is 2.54. The molecule has 0 amide bonds. The standard InChI is InChI=1S/C18H23NO2.ClH/c1-14(13-21-17-11-7-4-8-12-17)19-15(2)18(20)16-9-5-3-6-10-16;/h3-12,14-15,18-20H,13H2,1-2H3;1H. The number of para-hydroxylation sites is 1. The molecule has 22 heavy (non-hydrogen) atoms. The quantitative estimate of drug-likeness (QED) is 0.697. The summed E-state index contributed by atoms with van der Waals surface area (Å²) in [7, 11) is 0. The Labute approximate surface area is 138 Å². The first-order valence-electron chi connectivity index (χ1n) is 7.42. The Kier molecular flexibility index (Phi) is 7.96. The monoisotopic (exact) mass is 321 g/mol. The van der Waals surface area contributed by atoms with Gasteiger partial charge in [0.1, 0.15) is 30.5 Å². The van der Waals surface area contributed by atoms with E-state index in [1.807, 2.05) is 67.6 Å². The Morgan fingerprint density at radius 3 is 2.09 bits per heavy atom. The van der Waals surface area contributed by atoms with E-state index < -0.39 is 6.10 Å². The van der Waals surface area contributed by atoms with Gasteiger partial charge in [-0.3, -0.25) is 0 Å². The molecule has 0 aliphatic heterocycles. The van der Waals surface area contributed by atoms with Gasteiger partial charge in [-0.15, -0.1) is 0 Å². The van der Waals surface area contributed by atoms with Crippen LogP contribution >= 0.6 is 0 Å². The summed E-state index contributed by atoms with van der Waals surface area (Å²) in [4.78, 5) is 0. The van der Waals surface area contributed by atoms with Crippen LogP contribution in [0, 0.1) is 0 Å². The second kappa shape index (κ2) is 9.46. The van der Waals surface area contributed by atoms with Crippen molar-refractivity contribution >= 4 is 0 Å². The van der Waals surface area contributed by atoms with Crippen LogP contribution < -0.4 is 22.5 Å². The molecular formula is C18H24ClNO2. The average molecular weight is 322 g/mol. The minimum Gasteiger partial charge on any atom is -1.00 e. The maximum Gasteiger partial charge on any atom is 0.139 e. The maximum absolute atomic E-state index is 10.4. The third-order valence-corrected chi connectivity index (χ3v) is 3.53. The van der Waals surface area contributed by atoms with Gasteiger partial charge in [-0.1, -0.05) is 48.5 Å². The Bertz CT molecular complexity index is 521. The van der Waals surface area contributed by atoms with Gasteiger partial charge in [0, 0.05) is 0 Å². The molecule has 4 heteroatoms. The first-order valence-corrected chi connectivity index (χ1v) is 7.42. The molecule has 0 saturated heterocycles. The molecule has 0 heterocycles. The first kappa shape index (κ1) is 18.5. The van der Waals surface area contributed by atoms with Crippen LogP contribution in [0.4, 0.5) is 0 Å². The van der Waals surface area contributed by atoms with E-state index >= 15 is 0 Å². The van der Waals surface area contributed by atoms with Crippen molar-refractivity contribution < 1.29 is 27.6 Å². The third-order valence-electron chi connectivity index (χ3n) is 3.53. The second-order valence-electron chi connectivity index (χ2n) is 5.51. The summed E-state index contributed by atoms with van der Waals surface area (Å²) in [6.45, 7) is 4.77. The van der Waals surface area contributed by atoms with E-state index in [1.54, 1.807) is 0 Å². The molecule has 120 valence electrons. The molecule has 3 unspecified atom stereocenters. The van der Waals surface area contributed by atoms with Crippen molar-refractivity contribution in [2.24, 2.45) is 0 Å². The number of halogens is 1. The van der Waals surface area contributed by atoms with Gasteiger partial charge in [-0.2, -0.15) is 0 Å². The predicted molar refractivity (Wildman–Crippen MR) is 84.2 cm³/mol. The van der Waals surface area contributed by atoms with Crippen LogP contribution in [0.2, 0.25) is 0 Å². The summed E-state index contributed by atoms with van der Waals surface area (Å²) < 4.78 is 5.74. The molecule has 3 N–H and O–H groups in total. The first-order chi connectivity index (χ1) is 10.2. The fraction of sp³-hybridized carbons (Fsp3) is 0.333. The predicted octanol–water partition coefficient (Wildman–Crippen LogP) is -0.857. The molecule has 0 radical (unpaired) electrons. The number of aliphatic hydroxyl groups is 1. The third kappa shape index (κ3) is 5.68. The topological polar surface area (TPSA) is 46.1 Å². The zero-order chi connectivity index (χ0) is 15.1. The van der Waals surface area contributed by atoms with Crippen LogP contribution in [0.25, 0.3) is 0 Å². The molecule has 0 saturated carbocycles. The summed E-state index contributed by atoms with van der Waals surface area (Å²) in [5.41, 5.74) is 0.956. The number of aliphatic hydroxyl groups excluding tert-OH is 1. The van der Waals surface area contributed by atoms with E-state index in [0.717, 1.165) is 11.3 Å². The molecule has 0 aliphatic rings. The second-order valence-corrected chi connectivity index (χ2v) is 5.51. The van der Waals surface area contributed by atoms with E-state index in [2.05, 4.69) is 12.2 Å². The van der Waals surface area contributed by atoms with Crippen molar-refractivity contribution in [3.8, 4) is 5.75 Å². The van der Waals surface area contributed by atoms with Crippen LogP contribution in [0.15, 0.2) is 60.7 Å². The van der Waals surface area contributed by atoms with Gasteiger partial charge in [-0.25, -0.2) is 0 Å². The van der Waals surface area contributed by atoms with Crippen molar-refractivity contribution in [2.45, 2.75) is 32.0 Å². The number of hydrogen-bond donors (Lipinski definition) is 2.